The molecule has 0 radical (unpaired) electrons. The molecule has 1 aliphatic rings. The Balaban J connectivity index is 1.35. The SMILES string of the molecule is O=C(O)C1CN(Cc2cc(Cl)c(OCCCCCc3ccccc3)c(-c3cccs3)c2)C1. The van der Waals surface area contributed by atoms with E-state index in [0.717, 1.165) is 47.4 Å². The van der Waals surface area contributed by atoms with Crippen molar-refractivity contribution in [3.63, 3.8) is 0 Å². The Morgan fingerprint density at radius 3 is 2.59 bits per heavy atom. The minimum absolute atomic E-state index is 0.258. The number of carboxylic acids is 1. The topological polar surface area (TPSA) is 49.8 Å². The third-order valence-corrected chi connectivity index (χ3v) is 6.99. The number of thiophene rings is 1. The molecule has 0 saturated carbocycles. The summed E-state index contributed by atoms with van der Waals surface area (Å²) in [5.41, 5.74) is 3.48. The maximum absolute atomic E-state index is 11.1. The van der Waals surface area contributed by atoms with E-state index in [9.17, 15) is 4.79 Å². The molecule has 4 nitrogen and oxygen atoms in total. The van der Waals surface area contributed by atoms with Gasteiger partial charge in [0.15, 0.2) is 0 Å². The van der Waals surface area contributed by atoms with Gasteiger partial charge in [0.2, 0.25) is 0 Å². The molecule has 0 aliphatic carbocycles. The van der Waals surface area contributed by atoms with Gasteiger partial charge in [-0.15, -0.1) is 11.3 Å². The van der Waals surface area contributed by atoms with Crippen LogP contribution in [-0.4, -0.2) is 35.7 Å². The fourth-order valence-corrected chi connectivity index (χ4v) is 5.08. The first kappa shape index (κ1) is 22.8. The van der Waals surface area contributed by atoms with Crippen molar-refractivity contribution in [1.82, 2.24) is 4.90 Å². The molecule has 3 aromatic rings. The lowest BCUT2D eigenvalue weighted by atomic mass is 9.99. The molecule has 6 heteroatoms. The van der Waals surface area contributed by atoms with Gasteiger partial charge in [0.1, 0.15) is 5.75 Å². The van der Waals surface area contributed by atoms with Crippen LogP contribution >= 0.6 is 22.9 Å². The average molecular weight is 470 g/mol. The van der Waals surface area contributed by atoms with E-state index in [1.54, 1.807) is 11.3 Å². The smallest absolute Gasteiger partial charge is 0.309 e. The van der Waals surface area contributed by atoms with E-state index >= 15 is 0 Å². The predicted molar refractivity (Wildman–Crippen MR) is 131 cm³/mol. The lowest BCUT2D eigenvalue weighted by molar-refractivity contribution is -0.147. The van der Waals surface area contributed by atoms with E-state index in [-0.39, 0.29) is 5.92 Å². The highest BCUT2D eigenvalue weighted by atomic mass is 35.5. The molecule has 32 heavy (non-hydrogen) atoms. The Morgan fingerprint density at radius 1 is 1.06 bits per heavy atom. The molecule has 1 aliphatic heterocycles. The average Bonchev–Trinajstić information content (AvgIpc) is 3.29. The second-order valence-electron chi connectivity index (χ2n) is 8.31. The summed E-state index contributed by atoms with van der Waals surface area (Å²) in [6, 6.07) is 18.8. The van der Waals surface area contributed by atoms with Gasteiger partial charge >= 0.3 is 5.97 Å². The van der Waals surface area contributed by atoms with Crippen molar-refractivity contribution >= 4 is 28.9 Å². The summed E-state index contributed by atoms with van der Waals surface area (Å²) in [6.45, 7) is 2.51. The lowest BCUT2D eigenvalue weighted by Crippen LogP contribution is -2.49. The highest BCUT2D eigenvalue weighted by molar-refractivity contribution is 7.13. The van der Waals surface area contributed by atoms with E-state index in [2.05, 4.69) is 46.7 Å². The second kappa shape index (κ2) is 11.0. The zero-order valence-corrected chi connectivity index (χ0v) is 19.6. The number of aryl methyl sites for hydroxylation is 1. The van der Waals surface area contributed by atoms with Crippen LogP contribution in [0.25, 0.3) is 10.4 Å². The number of aliphatic carboxylic acids is 1. The minimum atomic E-state index is -0.717. The summed E-state index contributed by atoms with van der Waals surface area (Å²) < 4.78 is 6.18. The molecule has 2 heterocycles. The molecule has 2 aromatic carbocycles. The zero-order valence-electron chi connectivity index (χ0n) is 18.0. The zero-order chi connectivity index (χ0) is 22.3. The van der Waals surface area contributed by atoms with Crippen molar-refractivity contribution in [1.29, 1.82) is 0 Å². The van der Waals surface area contributed by atoms with Gasteiger partial charge in [-0.05, 0) is 60.4 Å². The van der Waals surface area contributed by atoms with Crippen LogP contribution in [-0.2, 0) is 17.8 Å². The van der Waals surface area contributed by atoms with Crippen LogP contribution in [0.3, 0.4) is 0 Å². The summed E-state index contributed by atoms with van der Waals surface area (Å²) in [6.07, 6.45) is 4.33. The van der Waals surface area contributed by atoms with Gasteiger partial charge in [0.05, 0.1) is 17.5 Å². The molecule has 4 rings (SSSR count). The summed E-state index contributed by atoms with van der Waals surface area (Å²) in [5.74, 6) is -0.231. The van der Waals surface area contributed by atoms with Gasteiger partial charge in [-0.2, -0.15) is 0 Å². The predicted octanol–water partition coefficient (Wildman–Crippen LogP) is 6.38. The molecule has 1 saturated heterocycles. The van der Waals surface area contributed by atoms with Crippen LogP contribution in [0.4, 0.5) is 0 Å². The number of carbonyl (C=O) groups is 1. The Labute approximate surface area is 198 Å². The van der Waals surface area contributed by atoms with E-state index in [4.69, 9.17) is 21.4 Å². The maximum Gasteiger partial charge on any atom is 0.309 e. The third-order valence-electron chi connectivity index (χ3n) is 5.80. The van der Waals surface area contributed by atoms with Gasteiger partial charge in [-0.1, -0.05) is 48.0 Å². The highest BCUT2D eigenvalue weighted by Gasteiger charge is 2.32. The molecule has 0 bridgehead atoms. The first-order chi connectivity index (χ1) is 15.6. The van der Waals surface area contributed by atoms with Crippen LogP contribution in [0, 0.1) is 5.92 Å². The molecular formula is C26H28ClNO3S. The molecule has 1 fully saturated rings. The molecule has 0 atom stereocenters. The number of rotatable bonds is 11. The van der Waals surface area contributed by atoms with Crippen LogP contribution in [0.15, 0.2) is 60.0 Å². The van der Waals surface area contributed by atoms with E-state index < -0.39 is 5.97 Å². The summed E-state index contributed by atoms with van der Waals surface area (Å²) >= 11 is 8.33. The minimum Gasteiger partial charge on any atom is -0.491 e. The van der Waals surface area contributed by atoms with Gasteiger partial charge in [-0.3, -0.25) is 9.69 Å². The standard InChI is InChI=1S/C26H28ClNO3S/c27-23-15-20(16-28-17-21(18-28)26(29)30)14-22(24-11-7-13-32-24)25(23)31-12-6-2-5-10-19-8-3-1-4-9-19/h1,3-4,7-9,11,13-15,21H,2,5-6,10,12,16-18H2,(H,29,30). The molecule has 1 aromatic heterocycles. The molecular weight excluding hydrogens is 442 g/mol. The van der Waals surface area contributed by atoms with Crippen LogP contribution in [0.5, 0.6) is 5.75 Å². The molecule has 168 valence electrons. The third kappa shape index (κ3) is 5.91. The van der Waals surface area contributed by atoms with Gasteiger partial charge < -0.3 is 9.84 Å². The lowest BCUT2D eigenvalue weighted by Gasteiger charge is -2.36. The van der Waals surface area contributed by atoms with Crippen molar-refractivity contribution in [2.24, 2.45) is 5.92 Å². The Hall–Kier alpha value is -2.34. The number of carboxylic acid groups (broad SMARTS) is 1. The number of unbranched alkanes of at least 4 members (excludes halogenated alkanes) is 2. The van der Waals surface area contributed by atoms with E-state index in [1.807, 2.05) is 18.2 Å². The quantitative estimate of drug-likeness (QED) is 0.331. The van der Waals surface area contributed by atoms with Crippen molar-refractivity contribution in [2.75, 3.05) is 19.7 Å². The fourth-order valence-electron chi connectivity index (χ4n) is 4.04. The number of hydrogen-bond donors (Lipinski definition) is 1. The number of halogens is 1. The number of nitrogens with zero attached hydrogens (tertiary/aromatic N) is 1. The van der Waals surface area contributed by atoms with E-state index in [0.29, 0.717) is 31.3 Å². The first-order valence-corrected chi connectivity index (χ1v) is 12.3. The summed E-state index contributed by atoms with van der Waals surface area (Å²) in [5, 5.41) is 11.8. The second-order valence-corrected chi connectivity index (χ2v) is 9.66. The Bertz CT molecular complexity index is 1020. The molecule has 0 spiro atoms. The molecule has 0 unspecified atom stereocenters. The summed E-state index contributed by atoms with van der Waals surface area (Å²) in [4.78, 5) is 14.3. The van der Waals surface area contributed by atoms with Gasteiger partial charge in [0.25, 0.3) is 0 Å². The number of benzene rings is 2. The highest BCUT2D eigenvalue weighted by Crippen LogP contribution is 2.40. The van der Waals surface area contributed by atoms with Crippen LogP contribution < -0.4 is 4.74 Å². The normalized spacial score (nSPS) is 14.3. The molecule has 1 N–H and O–H groups in total. The number of ether oxygens (including phenoxy) is 1. The van der Waals surface area contributed by atoms with Crippen molar-refractivity contribution in [3.05, 3.63) is 76.1 Å². The number of likely N-dealkylation sites (tertiary alicyclic amines) is 1. The molecule has 0 amide bonds. The van der Waals surface area contributed by atoms with Crippen LogP contribution in [0.1, 0.15) is 30.4 Å². The Morgan fingerprint density at radius 2 is 1.88 bits per heavy atom. The monoisotopic (exact) mass is 469 g/mol. The van der Waals surface area contributed by atoms with Crippen molar-refractivity contribution < 1.29 is 14.6 Å². The fraction of sp³-hybridized carbons (Fsp3) is 0.346. The number of hydrogen-bond acceptors (Lipinski definition) is 4. The van der Waals surface area contributed by atoms with Crippen molar-refractivity contribution in [3.8, 4) is 16.2 Å². The van der Waals surface area contributed by atoms with Gasteiger partial charge in [0, 0.05) is 30.1 Å². The van der Waals surface area contributed by atoms with Crippen molar-refractivity contribution in [2.45, 2.75) is 32.2 Å². The Kier molecular flexibility index (Phi) is 7.85. The van der Waals surface area contributed by atoms with Crippen LogP contribution in [0.2, 0.25) is 5.02 Å². The van der Waals surface area contributed by atoms with Gasteiger partial charge in [-0.25, -0.2) is 0 Å². The first-order valence-electron chi connectivity index (χ1n) is 11.1. The maximum atomic E-state index is 11.1. The summed E-state index contributed by atoms with van der Waals surface area (Å²) in [7, 11) is 0. The van der Waals surface area contributed by atoms with E-state index in [1.165, 1.54) is 5.56 Å². The largest absolute Gasteiger partial charge is 0.491 e.